The average Bonchev–Trinajstić information content (AvgIpc) is 2.57. The molecule has 1 saturated carbocycles. The summed E-state index contributed by atoms with van der Waals surface area (Å²) in [6, 6.07) is 8.97. The van der Waals surface area contributed by atoms with E-state index in [0.29, 0.717) is 0 Å². The fraction of sp³-hybridized carbons (Fsp3) is 0.588. The summed E-state index contributed by atoms with van der Waals surface area (Å²) < 4.78 is 0. The Morgan fingerprint density at radius 2 is 1.62 bits per heavy atom. The summed E-state index contributed by atoms with van der Waals surface area (Å²) in [6.07, 6.45) is 7.76. The van der Waals surface area contributed by atoms with Crippen LogP contribution in [-0.2, 0) is 4.79 Å². The zero-order chi connectivity index (χ0) is 14.5. The Kier molecular flexibility index (Phi) is 4.76. The summed E-state index contributed by atoms with van der Waals surface area (Å²) in [5.41, 5.74) is 2.12. The number of benzene rings is 1. The van der Waals surface area contributed by atoms with Crippen molar-refractivity contribution in [2.75, 3.05) is 36.4 Å². The Balaban J connectivity index is 1.53. The second-order valence-corrected chi connectivity index (χ2v) is 6.12. The van der Waals surface area contributed by atoms with Crippen LogP contribution in [0.3, 0.4) is 0 Å². The van der Waals surface area contributed by atoms with Gasteiger partial charge in [-0.25, -0.2) is 0 Å². The molecule has 1 aliphatic heterocycles. The zero-order valence-electron chi connectivity index (χ0n) is 12.6. The maximum Gasteiger partial charge on any atom is 0.211 e. The van der Waals surface area contributed by atoms with E-state index in [4.69, 9.17) is 0 Å². The van der Waals surface area contributed by atoms with Gasteiger partial charge in [-0.1, -0.05) is 19.3 Å². The largest absolute Gasteiger partial charge is 0.369 e. The molecule has 4 nitrogen and oxygen atoms in total. The SMILES string of the molecule is O=CNc1ccc(N2CCN(C3CCCCC3)CC2)cc1. The number of hydrogen-bond acceptors (Lipinski definition) is 3. The summed E-state index contributed by atoms with van der Waals surface area (Å²) in [6.45, 7) is 4.58. The lowest BCUT2D eigenvalue weighted by atomic mass is 9.94. The normalized spacial score (nSPS) is 21.2. The third-order valence-electron chi connectivity index (χ3n) is 4.86. The highest BCUT2D eigenvalue weighted by Gasteiger charge is 2.25. The van der Waals surface area contributed by atoms with Crippen LogP contribution in [0.15, 0.2) is 24.3 Å². The third-order valence-corrected chi connectivity index (χ3v) is 4.86. The predicted molar refractivity (Wildman–Crippen MR) is 86.8 cm³/mol. The summed E-state index contributed by atoms with van der Waals surface area (Å²) in [7, 11) is 0. The molecule has 4 heteroatoms. The molecule has 1 amide bonds. The highest BCUT2D eigenvalue weighted by atomic mass is 16.1. The minimum Gasteiger partial charge on any atom is -0.369 e. The van der Waals surface area contributed by atoms with E-state index in [1.54, 1.807) is 0 Å². The number of hydrogen-bond donors (Lipinski definition) is 1. The van der Waals surface area contributed by atoms with E-state index in [1.807, 2.05) is 12.1 Å². The second kappa shape index (κ2) is 6.94. The smallest absolute Gasteiger partial charge is 0.211 e. The number of nitrogens with one attached hydrogen (secondary N) is 1. The van der Waals surface area contributed by atoms with Gasteiger partial charge in [-0.15, -0.1) is 0 Å². The van der Waals surface area contributed by atoms with Crippen molar-refractivity contribution in [1.29, 1.82) is 0 Å². The molecule has 0 spiro atoms. The Morgan fingerprint density at radius 3 is 2.24 bits per heavy atom. The van der Waals surface area contributed by atoms with Crippen LogP contribution < -0.4 is 10.2 Å². The van der Waals surface area contributed by atoms with Crippen molar-refractivity contribution in [2.45, 2.75) is 38.1 Å². The van der Waals surface area contributed by atoms with Gasteiger partial charge in [0.05, 0.1) is 0 Å². The van der Waals surface area contributed by atoms with Gasteiger partial charge in [-0.3, -0.25) is 9.69 Å². The fourth-order valence-electron chi connectivity index (χ4n) is 3.63. The molecule has 0 bridgehead atoms. The number of anilines is 2. The van der Waals surface area contributed by atoms with E-state index in [2.05, 4.69) is 27.2 Å². The molecule has 1 saturated heterocycles. The van der Waals surface area contributed by atoms with E-state index in [-0.39, 0.29) is 0 Å². The first kappa shape index (κ1) is 14.4. The van der Waals surface area contributed by atoms with Gasteiger partial charge in [0, 0.05) is 43.6 Å². The van der Waals surface area contributed by atoms with Gasteiger partial charge in [0.1, 0.15) is 0 Å². The van der Waals surface area contributed by atoms with Gasteiger partial charge < -0.3 is 10.2 Å². The predicted octanol–water partition coefficient (Wildman–Crippen LogP) is 2.71. The highest BCUT2D eigenvalue weighted by molar-refractivity contribution is 5.72. The third kappa shape index (κ3) is 3.56. The van der Waals surface area contributed by atoms with Crippen molar-refractivity contribution < 1.29 is 4.79 Å². The van der Waals surface area contributed by atoms with Crippen molar-refractivity contribution in [1.82, 2.24) is 4.90 Å². The first-order valence-corrected chi connectivity index (χ1v) is 8.16. The molecule has 114 valence electrons. The van der Waals surface area contributed by atoms with Crippen LogP contribution in [0.2, 0.25) is 0 Å². The number of carbonyl (C=O) groups excluding carboxylic acids is 1. The van der Waals surface area contributed by atoms with Crippen LogP contribution in [0.1, 0.15) is 32.1 Å². The van der Waals surface area contributed by atoms with E-state index in [1.165, 1.54) is 50.9 Å². The molecule has 1 heterocycles. The van der Waals surface area contributed by atoms with Gasteiger partial charge in [-0.2, -0.15) is 0 Å². The summed E-state index contributed by atoms with van der Waals surface area (Å²) in [5, 5.41) is 2.68. The molecule has 0 aromatic heterocycles. The van der Waals surface area contributed by atoms with Crippen LogP contribution in [0.25, 0.3) is 0 Å². The Bertz CT molecular complexity index is 446. The van der Waals surface area contributed by atoms with E-state index >= 15 is 0 Å². The van der Waals surface area contributed by atoms with Gasteiger partial charge in [0.15, 0.2) is 0 Å². The Hall–Kier alpha value is -1.55. The molecule has 0 radical (unpaired) electrons. The highest BCUT2D eigenvalue weighted by Crippen LogP contribution is 2.25. The topological polar surface area (TPSA) is 35.6 Å². The van der Waals surface area contributed by atoms with E-state index < -0.39 is 0 Å². The molecule has 0 atom stereocenters. The molecule has 21 heavy (non-hydrogen) atoms. The Labute approximate surface area is 127 Å². The summed E-state index contributed by atoms with van der Waals surface area (Å²) in [4.78, 5) is 15.6. The van der Waals surface area contributed by atoms with Crippen molar-refractivity contribution in [2.24, 2.45) is 0 Å². The maximum absolute atomic E-state index is 10.4. The molecule has 3 rings (SSSR count). The molecule has 1 N–H and O–H groups in total. The van der Waals surface area contributed by atoms with Crippen LogP contribution in [0.4, 0.5) is 11.4 Å². The van der Waals surface area contributed by atoms with Crippen molar-refractivity contribution in [3.05, 3.63) is 24.3 Å². The summed E-state index contributed by atoms with van der Waals surface area (Å²) in [5.74, 6) is 0. The quantitative estimate of drug-likeness (QED) is 0.865. The molecule has 1 aromatic carbocycles. The van der Waals surface area contributed by atoms with Gasteiger partial charge in [0.2, 0.25) is 6.41 Å². The monoisotopic (exact) mass is 287 g/mol. The molecular formula is C17H25N3O. The van der Waals surface area contributed by atoms with E-state index in [0.717, 1.165) is 31.2 Å². The fourth-order valence-corrected chi connectivity index (χ4v) is 3.63. The second-order valence-electron chi connectivity index (χ2n) is 6.12. The molecule has 0 unspecified atom stereocenters. The lowest BCUT2D eigenvalue weighted by Gasteiger charge is -2.41. The molecule has 1 aliphatic carbocycles. The number of carbonyl (C=O) groups is 1. The van der Waals surface area contributed by atoms with Crippen molar-refractivity contribution in [3.8, 4) is 0 Å². The van der Waals surface area contributed by atoms with Crippen molar-refractivity contribution >= 4 is 17.8 Å². The maximum atomic E-state index is 10.4. The number of nitrogens with zero attached hydrogens (tertiary/aromatic N) is 2. The summed E-state index contributed by atoms with van der Waals surface area (Å²) >= 11 is 0. The molecule has 1 aromatic rings. The zero-order valence-corrected chi connectivity index (χ0v) is 12.6. The van der Waals surface area contributed by atoms with Crippen LogP contribution in [0.5, 0.6) is 0 Å². The minimum atomic E-state index is 0.720. The van der Waals surface area contributed by atoms with Crippen LogP contribution in [-0.4, -0.2) is 43.5 Å². The number of piperazine rings is 1. The van der Waals surface area contributed by atoms with Gasteiger partial charge in [0.25, 0.3) is 0 Å². The van der Waals surface area contributed by atoms with E-state index in [9.17, 15) is 4.79 Å². The number of rotatable bonds is 4. The lowest BCUT2D eigenvalue weighted by Crippen LogP contribution is -2.50. The standard InChI is InChI=1S/C17H25N3O/c21-14-18-15-6-8-17(9-7-15)20-12-10-19(11-13-20)16-4-2-1-3-5-16/h6-9,14,16H,1-5,10-13H2,(H,18,21). The first-order valence-electron chi connectivity index (χ1n) is 8.16. The molecule has 2 aliphatic rings. The van der Waals surface area contributed by atoms with Crippen molar-refractivity contribution in [3.63, 3.8) is 0 Å². The van der Waals surface area contributed by atoms with Crippen LogP contribution in [0, 0.1) is 0 Å². The minimum absolute atomic E-state index is 0.720. The Morgan fingerprint density at radius 1 is 0.952 bits per heavy atom. The van der Waals surface area contributed by atoms with Gasteiger partial charge in [-0.05, 0) is 37.1 Å². The lowest BCUT2D eigenvalue weighted by molar-refractivity contribution is -0.105. The molecular weight excluding hydrogens is 262 g/mol. The molecule has 2 fully saturated rings. The van der Waals surface area contributed by atoms with Gasteiger partial charge >= 0.3 is 0 Å². The first-order chi connectivity index (χ1) is 10.4. The number of amides is 1. The average molecular weight is 287 g/mol. The van der Waals surface area contributed by atoms with Crippen LogP contribution >= 0.6 is 0 Å².